The normalized spacial score (nSPS) is 10.3. The summed E-state index contributed by atoms with van der Waals surface area (Å²) in [6, 6.07) is 4.09. The highest BCUT2D eigenvalue weighted by Gasteiger charge is 2.01. The van der Waals surface area contributed by atoms with E-state index in [0.29, 0.717) is 12.5 Å². The Hall–Kier alpha value is -1.53. The minimum absolute atomic E-state index is 0.581. The van der Waals surface area contributed by atoms with Gasteiger partial charge in [0.05, 0.1) is 6.54 Å². The van der Waals surface area contributed by atoms with Crippen molar-refractivity contribution in [2.24, 2.45) is 5.92 Å². The second-order valence-corrected chi connectivity index (χ2v) is 4.61. The highest BCUT2D eigenvalue weighted by atomic mass is 15.1. The average molecular weight is 231 g/mol. The number of nitrogens with zero attached hydrogens (tertiary/aromatic N) is 2. The molecule has 0 radical (unpaired) electrons. The Kier molecular flexibility index (Phi) is 5.51. The van der Waals surface area contributed by atoms with Crippen LogP contribution >= 0.6 is 0 Å². The fraction of sp³-hybridized carbons (Fsp3) is 0.500. The zero-order valence-electron chi connectivity index (χ0n) is 10.9. The summed E-state index contributed by atoms with van der Waals surface area (Å²) >= 11 is 0. The van der Waals surface area contributed by atoms with Crippen molar-refractivity contribution in [2.45, 2.75) is 20.4 Å². The largest absolute Gasteiger partial charge is 0.349 e. The van der Waals surface area contributed by atoms with E-state index < -0.39 is 0 Å². The molecule has 92 valence electrons. The molecule has 0 saturated carbocycles. The molecule has 0 fully saturated rings. The summed E-state index contributed by atoms with van der Waals surface area (Å²) < 4.78 is 0. The van der Waals surface area contributed by atoms with E-state index in [2.05, 4.69) is 36.1 Å². The van der Waals surface area contributed by atoms with E-state index in [1.807, 2.05) is 24.2 Å². The Morgan fingerprint density at radius 1 is 1.47 bits per heavy atom. The Bertz CT molecular complexity index is 362. The van der Waals surface area contributed by atoms with Crippen LogP contribution in [0.25, 0.3) is 0 Å². The van der Waals surface area contributed by atoms with Gasteiger partial charge in [-0.1, -0.05) is 25.8 Å². The van der Waals surface area contributed by atoms with Crippen LogP contribution in [0.5, 0.6) is 0 Å². The molecular weight excluding hydrogens is 210 g/mol. The molecule has 3 nitrogen and oxygen atoms in total. The van der Waals surface area contributed by atoms with Crippen molar-refractivity contribution in [2.75, 3.05) is 25.0 Å². The van der Waals surface area contributed by atoms with Crippen molar-refractivity contribution >= 4 is 5.82 Å². The summed E-state index contributed by atoms with van der Waals surface area (Å²) in [6.07, 6.45) is 7.16. The first kappa shape index (κ1) is 13.5. The van der Waals surface area contributed by atoms with Gasteiger partial charge in [-0.15, -0.1) is 6.42 Å². The van der Waals surface area contributed by atoms with E-state index in [4.69, 9.17) is 6.42 Å². The summed E-state index contributed by atoms with van der Waals surface area (Å²) in [5, 5.41) is 3.39. The second kappa shape index (κ2) is 6.93. The molecule has 3 heteroatoms. The van der Waals surface area contributed by atoms with E-state index >= 15 is 0 Å². The van der Waals surface area contributed by atoms with Gasteiger partial charge in [-0.3, -0.25) is 0 Å². The van der Waals surface area contributed by atoms with Gasteiger partial charge in [-0.05, 0) is 24.1 Å². The third-order valence-electron chi connectivity index (χ3n) is 2.41. The minimum atomic E-state index is 0.581. The second-order valence-electron chi connectivity index (χ2n) is 4.61. The zero-order valence-corrected chi connectivity index (χ0v) is 10.9. The topological polar surface area (TPSA) is 28.2 Å². The van der Waals surface area contributed by atoms with E-state index in [1.165, 1.54) is 5.56 Å². The molecule has 0 saturated heterocycles. The predicted molar refractivity (Wildman–Crippen MR) is 72.9 cm³/mol. The van der Waals surface area contributed by atoms with E-state index in [-0.39, 0.29) is 0 Å². The van der Waals surface area contributed by atoms with Crippen LogP contribution < -0.4 is 10.2 Å². The number of anilines is 1. The number of terminal acetylenes is 1. The molecule has 17 heavy (non-hydrogen) atoms. The number of nitrogens with one attached hydrogen (secondary N) is 1. The fourth-order valence-electron chi connectivity index (χ4n) is 1.47. The van der Waals surface area contributed by atoms with Crippen molar-refractivity contribution in [1.29, 1.82) is 0 Å². The summed E-state index contributed by atoms with van der Waals surface area (Å²) in [4.78, 5) is 6.34. The number of aromatic nitrogens is 1. The standard InChI is InChI=1S/C14H21N3/c1-5-8-17(4)14-7-6-13(11-16-14)10-15-9-12(2)3/h1,6-7,11-12,15H,8-10H2,2-4H3. The molecule has 0 amide bonds. The van der Waals surface area contributed by atoms with Gasteiger partial charge >= 0.3 is 0 Å². The van der Waals surface area contributed by atoms with Crippen molar-refractivity contribution < 1.29 is 0 Å². The SMILES string of the molecule is C#CCN(C)c1ccc(CNCC(C)C)cn1. The lowest BCUT2D eigenvalue weighted by atomic mass is 10.2. The number of hydrogen-bond donors (Lipinski definition) is 1. The van der Waals surface area contributed by atoms with Crippen LogP contribution in [-0.2, 0) is 6.54 Å². The van der Waals surface area contributed by atoms with Crippen LogP contribution in [0.4, 0.5) is 5.82 Å². The van der Waals surface area contributed by atoms with Crippen molar-refractivity contribution in [3.63, 3.8) is 0 Å². The minimum Gasteiger partial charge on any atom is -0.349 e. The summed E-state index contributed by atoms with van der Waals surface area (Å²) in [7, 11) is 1.94. The summed E-state index contributed by atoms with van der Waals surface area (Å²) in [5.41, 5.74) is 1.20. The van der Waals surface area contributed by atoms with Crippen molar-refractivity contribution in [3.8, 4) is 12.3 Å². The molecule has 1 aromatic heterocycles. The maximum Gasteiger partial charge on any atom is 0.129 e. The Balaban J connectivity index is 2.48. The van der Waals surface area contributed by atoms with Crippen molar-refractivity contribution in [3.05, 3.63) is 23.9 Å². The lowest BCUT2D eigenvalue weighted by Crippen LogP contribution is -2.20. The Morgan fingerprint density at radius 2 is 2.24 bits per heavy atom. The van der Waals surface area contributed by atoms with Crippen LogP contribution in [0.3, 0.4) is 0 Å². The monoisotopic (exact) mass is 231 g/mol. The first-order valence-corrected chi connectivity index (χ1v) is 5.93. The van der Waals surface area contributed by atoms with Crippen LogP contribution in [0.2, 0.25) is 0 Å². The van der Waals surface area contributed by atoms with Gasteiger partial charge in [0, 0.05) is 19.8 Å². The smallest absolute Gasteiger partial charge is 0.129 e. The lowest BCUT2D eigenvalue weighted by molar-refractivity contribution is 0.552. The van der Waals surface area contributed by atoms with Gasteiger partial charge in [0.25, 0.3) is 0 Å². The van der Waals surface area contributed by atoms with Crippen molar-refractivity contribution in [1.82, 2.24) is 10.3 Å². The van der Waals surface area contributed by atoms with Crippen LogP contribution in [0, 0.1) is 18.3 Å². The number of rotatable bonds is 6. The van der Waals surface area contributed by atoms with Crippen LogP contribution in [-0.4, -0.2) is 25.1 Å². The molecule has 0 spiro atoms. The molecule has 0 aliphatic heterocycles. The van der Waals surface area contributed by atoms with Gasteiger partial charge in [0.2, 0.25) is 0 Å². The highest BCUT2D eigenvalue weighted by Crippen LogP contribution is 2.08. The molecule has 1 aromatic rings. The molecule has 0 unspecified atom stereocenters. The lowest BCUT2D eigenvalue weighted by Gasteiger charge is -2.15. The quantitative estimate of drug-likeness (QED) is 0.758. The molecule has 1 heterocycles. The van der Waals surface area contributed by atoms with E-state index in [9.17, 15) is 0 Å². The molecule has 0 aromatic carbocycles. The van der Waals surface area contributed by atoms with Gasteiger partial charge in [0.15, 0.2) is 0 Å². The average Bonchev–Trinajstić information content (AvgIpc) is 2.30. The molecule has 0 bridgehead atoms. The molecule has 1 N–H and O–H groups in total. The predicted octanol–water partition coefficient (Wildman–Crippen LogP) is 1.90. The Morgan fingerprint density at radius 3 is 2.76 bits per heavy atom. The summed E-state index contributed by atoms with van der Waals surface area (Å²) in [6.45, 7) is 6.87. The first-order chi connectivity index (χ1) is 8.13. The molecule has 1 rings (SSSR count). The highest BCUT2D eigenvalue weighted by molar-refractivity contribution is 5.39. The number of hydrogen-bond acceptors (Lipinski definition) is 3. The van der Waals surface area contributed by atoms with Crippen LogP contribution in [0.15, 0.2) is 18.3 Å². The van der Waals surface area contributed by atoms with E-state index in [1.54, 1.807) is 0 Å². The molecule has 0 atom stereocenters. The molecule has 0 aliphatic rings. The zero-order chi connectivity index (χ0) is 12.7. The van der Waals surface area contributed by atoms with Gasteiger partial charge in [-0.25, -0.2) is 4.98 Å². The van der Waals surface area contributed by atoms with Gasteiger partial charge in [-0.2, -0.15) is 0 Å². The van der Waals surface area contributed by atoms with Gasteiger partial charge < -0.3 is 10.2 Å². The maximum atomic E-state index is 5.26. The third kappa shape index (κ3) is 4.88. The molecular formula is C14H21N3. The third-order valence-corrected chi connectivity index (χ3v) is 2.41. The number of pyridine rings is 1. The molecule has 0 aliphatic carbocycles. The van der Waals surface area contributed by atoms with E-state index in [0.717, 1.165) is 18.9 Å². The fourth-order valence-corrected chi connectivity index (χ4v) is 1.47. The summed E-state index contributed by atoms with van der Waals surface area (Å²) in [5.74, 6) is 4.18. The Labute approximate surface area is 104 Å². The maximum absolute atomic E-state index is 5.26. The first-order valence-electron chi connectivity index (χ1n) is 5.93. The van der Waals surface area contributed by atoms with Crippen LogP contribution in [0.1, 0.15) is 19.4 Å². The van der Waals surface area contributed by atoms with Gasteiger partial charge in [0.1, 0.15) is 5.82 Å².